The van der Waals surface area contributed by atoms with Gasteiger partial charge >= 0.3 is 5.97 Å². The summed E-state index contributed by atoms with van der Waals surface area (Å²) in [5.41, 5.74) is 0. The van der Waals surface area contributed by atoms with Gasteiger partial charge in [0.25, 0.3) is 0 Å². The number of nitrogens with zero attached hydrogens (tertiary/aromatic N) is 1. The first-order valence-electron chi connectivity index (χ1n) is 5.88. The highest BCUT2D eigenvalue weighted by Gasteiger charge is 2.18. The Morgan fingerprint density at radius 1 is 1.38 bits per heavy atom. The van der Waals surface area contributed by atoms with E-state index in [2.05, 4.69) is 10.2 Å². The Balaban J connectivity index is 2.21. The maximum absolute atomic E-state index is 11.5. The minimum Gasteiger partial charge on any atom is -0.480 e. The molecule has 0 spiro atoms. The molecule has 1 atom stereocenters. The van der Waals surface area contributed by atoms with Gasteiger partial charge in [0.2, 0.25) is 5.91 Å². The number of amides is 1. The van der Waals surface area contributed by atoms with Gasteiger partial charge in [-0.05, 0) is 32.4 Å². The van der Waals surface area contributed by atoms with E-state index in [1.165, 1.54) is 12.8 Å². The third kappa shape index (κ3) is 4.18. The Morgan fingerprint density at radius 3 is 2.50 bits per heavy atom. The zero-order chi connectivity index (χ0) is 12.0. The summed E-state index contributed by atoms with van der Waals surface area (Å²) in [6.07, 6.45) is 3.22. The third-order valence-electron chi connectivity index (χ3n) is 2.90. The molecule has 0 aromatic carbocycles. The number of carboxylic acid groups (broad SMARTS) is 1. The van der Waals surface area contributed by atoms with Gasteiger partial charge in [0.15, 0.2) is 0 Å². The lowest BCUT2D eigenvalue weighted by Gasteiger charge is -2.16. The molecule has 1 saturated heterocycles. The van der Waals surface area contributed by atoms with Crippen molar-refractivity contribution < 1.29 is 14.7 Å². The van der Waals surface area contributed by atoms with Crippen LogP contribution in [0.4, 0.5) is 0 Å². The van der Waals surface area contributed by atoms with E-state index in [1.807, 2.05) is 0 Å². The molecule has 2 N–H and O–H groups in total. The van der Waals surface area contributed by atoms with Gasteiger partial charge in [0.05, 0.1) is 0 Å². The minimum atomic E-state index is -0.961. The number of aliphatic carboxylic acids is 1. The van der Waals surface area contributed by atoms with Gasteiger partial charge in [0, 0.05) is 13.0 Å². The van der Waals surface area contributed by atoms with Gasteiger partial charge in [0.1, 0.15) is 6.04 Å². The average molecular weight is 228 g/mol. The van der Waals surface area contributed by atoms with E-state index in [0.717, 1.165) is 19.6 Å². The molecule has 5 heteroatoms. The summed E-state index contributed by atoms with van der Waals surface area (Å²) in [6.45, 7) is 4.61. The fourth-order valence-electron chi connectivity index (χ4n) is 1.87. The van der Waals surface area contributed by atoms with Gasteiger partial charge in [-0.2, -0.15) is 0 Å². The van der Waals surface area contributed by atoms with Crippen LogP contribution in [0.15, 0.2) is 0 Å². The van der Waals surface area contributed by atoms with Crippen LogP contribution in [0.3, 0.4) is 0 Å². The first-order valence-corrected chi connectivity index (χ1v) is 5.88. The summed E-state index contributed by atoms with van der Waals surface area (Å²) < 4.78 is 0. The Kier molecular flexibility index (Phi) is 5.25. The molecule has 1 fully saturated rings. The molecule has 1 rings (SSSR count). The Hall–Kier alpha value is -1.10. The molecule has 1 unspecified atom stereocenters. The first-order chi connectivity index (χ1) is 7.63. The van der Waals surface area contributed by atoms with Crippen LogP contribution in [0.1, 0.15) is 32.6 Å². The highest BCUT2D eigenvalue weighted by atomic mass is 16.4. The lowest BCUT2D eigenvalue weighted by Crippen LogP contribution is -2.41. The van der Waals surface area contributed by atoms with Gasteiger partial charge in [-0.3, -0.25) is 4.79 Å². The van der Waals surface area contributed by atoms with Crippen molar-refractivity contribution >= 4 is 11.9 Å². The van der Waals surface area contributed by atoms with E-state index < -0.39 is 12.0 Å². The van der Waals surface area contributed by atoms with Crippen molar-refractivity contribution in [2.24, 2.45) is 0 Å². The van der Waals surface area contributed by atoms with Crippen LogP contribution in [0, 0.1) is 0 Å². The van der Waals surface area contributed by atoms with Crippen molar-refractivity contribution in [3.8, 4) is 0 Å². The molecule has 1 amide bonds. The average Bonchev–Trinajstić information content (AvgIpc) is 2.75. The normalized spacial score (nSPS) is 18.3. The Morgan fingerprint density at radius 2 is 2.00 bits per heavy atom. The van der Waals surface area contributed by atoms with Gasteiger partial charge in [-0.25, -0.2) is 4.79 Å². The lowest BCUT2D eigenvalue weighted by atomic mass is 10.2. The van der Waals surface area contributed by atoms with Gasteiger partial charge in [-0.15, -0.1) is 0 Å². The second kappa shape index (κ2) is 6.48. The summed E-state index contributed by atoms with van der Waals surface area (Å²) in [5, 5.41) is 11.3. The molecule has 16 heavy (non-hydrogen) atoms. The molecule has 1 heterocycles. The Bertz CT molecular complexity index is 250. The molecule has 0 saturated carbocycles. The second-order valence-corrected chi connectivity index (χ2v) is 4.17. The molecule has 1 aliphatic heterocycles. The standard InChI is InChI=1S/C11H20N2O3/c1-2-9(11(15)16)12-10(14)5-8-13-6-3-4-7-13/h9H,2-8H2,1H3,(H,12,14)(H,15,16). The number of carbonyl (C=O) groups is 2. The fourth-order valence-corrected chi connectivity index (χ4v) is 1.87. The molecule has 0 aromatic rings. The number of hydrogen-bond acceptors (Lipinski definition) is 3. The summed E-state index contributed by atoms with van der Waals surface area (Å²) in [4.78, 5) is 24.4. The van der Waals surface area contributed by atoms with E-state index in [1.54, 1.807) is 6.92 Å². The first kappa shape index (κ1) is 13.0. The molecule has 5 nitrogen and oxygen atoms in total. The van der Waals surface area contributed by atoms with Crippen LogP contribution in [0.5, 0.6) is 0 Å². The molecular weight excluding hydrogens is 208 g/mol. The van der Waals surface area contributed by atoms with E-state index >= 15 is 0 Å². The molecule has 92 valence electrons. The smallest absolute Gasteiger partial charge is 0.326 e. The van der Waals surface area contributed by atoms with Crippen LogP contribution < -0.4 is 5.32 Å². The molecule has 0 radical (unpaired) electrons. The predicted molar refractivity (Wildman–Crippen MR) is 60.1 cm³/mol. The molecular formula is C11H20N2O3. The lowest BCUT2D eigenvalue weighted by molar-refractivity contribution is -0.141. The van der Waals surface area contributed by atoms with E-state index in [4.69, 9.17) is 5.11 Å². The van der Waals surface area contributed by atoms with Gasteiger partial charge < -0.3 is 15.3 Å². The Labute approximate surface area is 95.8 Å². The zero-order valence-electron chi connectivity index (χ0n) is 9.74. The molecule has 1 aliphatic rings. The van der Waals surface area contributed by atoms with Crippen LogP contribution in [0.25, 0.3) is 0 Å². The monoisotopic (exact) mass is 228 g/mol. The summed E-state index contributed by atoms with van der Waals surface area (Å²) in [5.74, 6) is -1.13. The van der Waals surface area contributed by atoms with E-state index in [0.29, 0.717) is 12.8 Å². The number of nitrogens with one attached hydrogen (secondary N) is 1. The fraction of sp³-hybridized carbons (Fsp3) is 0.818. The predicted octanol–water partition coefficient (Wildman–Crippen LogP) is 0.452. The topological polar surface area (TPSA) is 69.6 Å². The molecule has 0 aromatic heterocycles. The second-order valence-electron chi connectivity index (χ2n) is 4.17. The van der Waals surface area contributed by atoms with Crippen molar-refractivity contribution in [2.75, 3.05) is 19.6 Å². The SMILES string of the molecule is CCC(NC(=O)CCN1CCCC1)C(=O)O. The van der Waals surface area contributed by atoms with E-state index in [9.17, 15) is 9.59 Å². The van der Waals surface area contributed by atoms with Gasteiger partial charge in [-0.1, -0.05) is 6.92 Å². The third-order valence-corrected chi connectivity index (χ3v) is 2.90. The summed E-state index contributed by atoms with van der Waals surface area (Å²) in [6, 6.07) is -0.744. The number of carbonyl (C=O) groups excluding carboxylic acids is 1. The number of carboxylic acids is 1. The summed E-state index contributed by atoms with van der Waals surface area (Å²) >= 11 is 0. The number of likely N-dealkylation sites (tertiary alicyclic amines) is 1. The molecule has 0 bridgehead atoms. The van der Waals surface area contributed by atoms with Crippen molar-refractivity contribution in [1.82, 2.24) is 10.2 Å². The molecule has 0 aliphatic carbocycles. The quantitative estimate of drug-likeness (QED) is 0.692. The van der Waals surface area contributed by atoms with Crippen molar-refractivity contribution in [3.63, 3.8) is 0 Å². The minimum absolute atomic E-state index is 0.166. The van der Waals surface area contributed by atoms with Crippen molar-refractivity contribution in [2.45, 2.75) is 38.6 Å². The largest absolute Gasteiger partial charge is 0.480 e. The van der Waals surface area contributed by atoms with Crippen molar-refractivity contribution in [1.29, 1.82) is 0 Å². The summed E-state index contributed by atoms with van der Waals surface area (Å²) in [7, 11) is 0. The number of hydrogen-bond donors (Lipinski definition) is 2. The maximum Gasteiger partial charge on any atom is 0.326 e. The number of rotatable bonds is 6. The van der Waals surface area contributed by atoms with Crippen LogP contribution in [0.2, 0.25) is 0 Å². The van der Waals surface area contributed by atoms with Crippen LogP contribution >= 0.6 is 0 Å². The maximum atomic E-state index is 11.5. The van der Waals surface area contributed by atoms with Crippen LogP contribution in [-0.4, -0.2) is 47.6 Å². The van der Waals surface area contributed by atoms with Crippen LogP contribution in [-0.2, 0) is 9.59 Å². The highest BCUT2D eigenvalue weighted by Crippen LogP contribution is 2.07. The highest BCUT2D eigenvalue weighted by molar-refractivity contribution is 5.83. The van der Waals surface area contributed by atoms with Crippen molar-refractivity contribution in [3.05, 3.63) is 0 Å². The van der Waals surface area contributed by atoms with E-state index in [-0.39, 0.29) is 5.91 Å². The zero-order valence-corrected chi connectivity index (χ0v) is 9.74.